The molecule has 10 heteroatoms. The average Bonchev–Trinajstić information content (AvgIpc) is 3.39. The Bertz CT molecular complexity index is 1150. The number of Topliss-reactive ketones (excluding diaryl/α,β-unsaturated/α-hetero) is 1. The molecule has 4 rings (SSSR count). The minimum absolute atomic E-state index is 0.0293. The van der Waals surface area contributed by atoms with Crippen LogP contribution in [0, 0.1) is 0 Å². The lowest BCUT2D eigenvalue weighted by atomic mass is 9.94. The van der Waals surface area contributed by atoms with E-state index < -0.39 is 26.8 Å². The number of nitrogens with one attached hydrogen (secondary N) is 1. The van der Waals surface area contributed by atoms with Crippen LogP contribution in [0.4, 0.5) is 0 Å². The Kier molecular flexibility index (Phi) is 8.82. The van der Waals surface area contributed by atoms with Gasteiger partial charge in [0.05, 0.1) is 12.2 Å². The van der Waals surface area contributed by atoms with Crippen LogP contribution >= 0.6 is 11.3 Å². The molecule has 0 radical (unpaired) electrons. The zero-order chi connectivity index (χ0) is 25.6. The number of carbonyl (C=O) groups excluding carboxylic acids is 2. The molecule has 2 saturated heterocycles. The van der Waals surface area contributed by atoms with Crippen LogP contribution in [0.25, 0.3) is 10.4 Å². The van der Waals surface area contributed by atoms with Crippen molar-refractivity contribution in [3.8, 4) is 16.2 Å². The van der Waals surface area contributed by atoms with E-state index in [9.17, 15) is 18.0 Å². The summed E-state index contributed by atoms with van der Waals surface area (Å²) in [5.41, 5.74) is 3.35. The van der Waals surface area contributed by atoms with E-state index >= 15 is 0 Å². The fourth-order valence-corrected chi connectivity index (χ4v) is 8.35. The Morgan fingerprint density at radius 2 is 1.92 bits per heavy atom. The summed E-state index contributed by atoms with van der Waals surface area (Å²) in [7, 11) is -3.56. The molecule has 2 atom stereocenters. The van der Waals surface area contributed by atoms with E-state index in [-0.39, 0.29) is 24.6 Å². The van der Waals surface area contributed by atoms with Crippen LogP contribution < -0.4 is 10.2 Å². The van der Waals surface area contributed by atoms with Crippen molar-refractivity contribution in [2.24, 2.45) is 0 Å². The van der Waals surface area contributed by atoms with Crippen LogP contribution in [0.3, 0.4) is 0 Å². The molecule has 1 aromatic carbocycles. The van der Waals surface area contributed by atoms with Gasteiger partial charge in [0.15, 0.2) is 21.9 Å². The molecule has 196 valence electrons. The van der Waals surface area contributed by atoms with Gasteiger partial charge in [-0.2, -0.15) is 0 Å². The highest BCUT2D eigenvalue weighted by molar-refractivity contribution is 7.92. The Hall–Kier alpha value is -2.27. The van der Waals surface area contributed by atoms with Gasteiger partial charge in [-0.05, 0) is 67.6 Å². The van der Waals surface area contributed by atoms with Crippen LogP contribution in [0.5, 0.6) is 5.75 Å². The summed E-state index contributed by atoms with van der Waals surface area (Å²) < 4.78 is 36.5. The highest BCUT2D eigenvalue weighted by atomic mass is 32.2. The third-order valence-electron chi connectivity index (χ3n) is 6.72. The van der Waals surface area contributed by atoms with Gasteiger partial charge in [-0.15, -0.1) is 11.3 Å². The number of hydrogen-bond acceptors (Lipinski definition) is 8. The summed E-state index contributed by atoms with van der Waals surface area (Å²) >= 11 is 1.39. The van der Waals surface area contributed by atoms with E-state index in [0.29, 0.717) is 42.9 Å². The zero-order valence-electron chi connectivity index (χ0n) is 20.5. The largest absolute Gasteiger partial charge is 0.486 e. The molecule has 0 aliphatic carbocycles. The number of hydrogen-bond donors (Lipinski definition) is 1. The minimum Gasteiger partial charge on any atom is -0.486 e. The van der Waals surface area contributed by atoms with E-state index in [0.717, 1.165) is 29.7 Å². The summed E-state index contributed by atoms with van der Waals surface area (Å²) in [6.45, 7) is 2.42. The number of benzene rings is 1. The third-order valence-corrected chi connectivity index (χ3v) is 10.8. The van der Waals surface area contributed by atoms with E-state index in [1.807, 2.05) is 24.3 Å². The molecule has 2 aromatic rings. The summed E-state index contributed by atoms with van der Waals surface area (Å²) in [5.74, 6) is 0.222. The lowest BCUT2D eigenvalue weighted by Crippen LogP contribution is -2.45. The number of amides is 1. The number of sulfone groups is 1. The minimum atomic E-state index is -3.56. The molecule has 2 aliphatic rings. The normalized spacial score (nSPS) is 23.6. The predicted octanol–water partition coefficient (Wildman–Crippen LogP) is 4.53. The molecule has 2 aliphatic heterocycles. The zero-order valence-corrected chi connectivity index (χ0v) is 22.1. The van der Waals surface area contributed by atoms with Gasteiger partial charge < -0.3 is 9.47 Å². The second-order valence-electron chi connectivity index (χ2n) is 9.26. The number of hydroxylamine groups is 1. The van der Waals surface area contributed by atoms with E-state index in [1.165, 1.54) is 11.3 Å². The highest BCUT2D eigenvalue weighted by Crippen LogP contribution is 2.47. The fourth-order valence-electron chi connectivity index (χ4n) is 4.57. The molecule has 3 heterocycles. The maximum Gasteiger partial charge on any atom is 0.245 e. The standard InChI is InChI=1S/C26H33NO7S2/c1-2-20(28)18-33-21-10-8-19(9-11-21)22-12-13-23(35-22)26(14-4-6-16-36(26,30)31)17-24(29)27-34-25-7-3-5-15-32-25/h8-13,25H,2-7,14-18H2,1H3,(H,27,29)/t25?,26-/m0/s1. The average molecular weight is 536 g/mol. The SMILES string of the molecule is CCC(=O)COc1ccc(-c2ccc([C@@]3(CC(=O)NOC4CCCCO4)CCCCS3(=O)=O)s2)cc1. The molecule has 1 aromatic heterocycles. The lowest BCUT2D eigenvalue weighted by Gasteiger charge is -2.35. The topological polar surface area (TPSA) is 108 Å². The monoisotopic (exact) mass is 535 g/mol. The molecule has 36 heavy (non-hydrogen) atoms. The second kappa shape index (κ2) is 11.9. The van der Waals surface area contributed by atoms with Crippen molar-refractivity contribution in [1.29, 1.82) is 0 Å². The molecule has 1 N–H and O–H groups in total. The Balaban J connectivity index is 1.51. The van der Waals surface area contributed by atoms with Crippen LogP contribution in [0.1, 0.15) is 63.2 Å². The maximum atomic E-state index is 13.4. The quantitative estimate of drug-likeness (QED) is 0.445. The molecular formula is C26H33NO7S2. The Morgan fingerprint density at radius 1 is 1.11 bits per heavy atom. The van der Waals surface area contributed by atoms with Gasteiger partial charge in [0.1, 0.15) is 17.1 Å². The summed E-state index contributed by atoms with van der Waals surface area (Å²) in [5, 5.41) is 0. The van der Waals surface area contributed by atoms with E-state index in [1.54, 1.807) is 19.1 Å². The number of rotatable bonds is 10. The summed E-state index contributed by atoms with van der Waals surface area (Å²) in [6, 6.07) is 11.1. The molecular weight excluding hydrogens is 502 g/mol. The summed E-state index contributed by atoms with van der Waals surface area (Å²) in [6.07, 6.45) is 4.07. The van der Waals surface area contributed by atoms with Gasteiger partial charge in [-0.1, -0.05) is 13.3 Å². The van der Waals surface area contributed by atoms with Crippen molar-refractivity contribution >= 4 is 32.9 Å². The van der Waals surface area contributed by atoms with Crippen LogP contribution in [-0.4, -0.2) is 45.4 Å². The fraction of sp³-hybridized carbons (Fsp3) is 0.538. The van der Waals surface area contributed by atoms with Crippen LogP contribution in [0.2, 0.25) is 0 Å². The number of ketones is 1. The smallest absolute Gasteiger partial charge is 0.245 e. The maximum absolute atomic E-state index is 13.4. The van der Waals surface area contributed by atoms with Gasteiger partial charge in [0, 0.05) is 29.2 Å². The predicted molar refractivity (Wildman–Crippen MR) is 137 cm³/mol. The summed E-state index contributed by atoms with van der Waals surface area (Å²) in [4.78, 5) is 31.3. The first-order chi connectivity index (χ1) is 17.3. The van der Waals surface area contributed by atoms with Crippen molar-refractivity contribution in [2.75, 3.05) is 19.0 Å². The molecule has 0 saturated carbocycles. The number of carbonyl (C=O) groups is 2. The molecule has 1 amide bonds. The van der Waals surface area contributed by atoms with E-state index in [2.05, 4.69) is 5.48 Å². The van der Waals surface area contributed by atoms with Crippen LogP contribution in [-0.2, 0) is 33.7 Å². The first kappa shape index (κ1) is 26.8. The van der Waals surface area contributed by atoms with Gasteiger partial charge in [-0.3, -0.25) is 9.59 Å². The van der Waals surface area contributed by atoms with Gasteiger partial charge in [-0.25, -0.2) is 18.7 Å². The van der Waals surface area contributed by atoms with Crippen molar-refractivity contribution < 1.29 is 32.3 Å². The molecule has 1 unspecified atom stereocenters. The first-order valence-corrected chi connectivity index (χ1v) is 14.9. The second-order valence-corrected chi connectivity index (χ2v) is 12.8. The van der Waals surface area contributed by atoms with E-state index in [4.69, 9.17) is 14.3 Å². The third kappa shape index (κ3) is 6.16. The number of ether oxygens (including phenoxy) is 2. The van der Waals surface area contributed by atoms with Crippen molar-refractivity contribution in [3.63, 3.8) is 0 Å². The molecule has 0 spiro atoms. The van der Waals surface area contributed by atoms with Gasteiger partial charge in [0.25, 0.3) is 0 Å². The molecule has 8 nitrogen and oxygen atoms in total. The Morgan fingerprint density at radius 3 is 2.61 bits per heavy atom. The Labute approximate surface area is 216 Å². The first-order valence-electron chi connectivity index (χ1n) is 12.5. The van der Waals surface area contributed by atoms with Crippen molar-refractivity contribution in [1.82, 2.24) is 5.48 Å². The highest BCUT2D eigenvalue weighted by Gasteiger charge is 2.49. The number of thiophene rings is 1. The molecule has 2 fully saturated rings. The lowest BCUT2D eigenvalue weighted by molar-refractivity contribution is -0.200. The molecule has 0 bridgehead atoms. The van der Waals surface area contributed by atoms with Crippen molar-refractivity contribution in [2.45, 2.75) is 69.3 Å². The van der Waals surface area contributed by atoms with Gasteiger partial charge >= 0.3 is 0 Å². The van der Waals surface area contributed by atoms with Crippen LogP contribution in [0.15, 0.2) is 36.4 Å². The van der Waals surface area contributed by atoms with Gasteiger partial charge in [0.2, 0.25) is 5.91 Å². The van der Waals surface area contributed by atoms with Crippen molar-refractivity contribution in [3.05, 3.63) is 41.3 Å².